The Hall–Kier alpha value is -3.18. The van der Waals surface area contributed by atoms with Crippen LogP contribution in [0.25, 0.3) is 0 Å². The lowest BCUT2D eigenvalue weighted by molar-refractivity contribution is -0.117. The van der Waals surface area contributed by atoms with Gasteiger partial charge >= 0.3 is 0 Å². The van der Waals surface area contributed by atoms with Gasteiger partial charge in [0.2, 0.25) is 11.6 Å². The Bertz CT molecular complexity index is 735. The van der Waals surface area contributed by atoms with E-state index < -0.39 is 5.91 Å². The Morgan fingerprint density at radius 3 is 2.42 bits per heavy atom. The number of carbonyl (C=O) groups is 1. The number of hydrazine groups is 1. The van der Waals surface area contributed by atoms with Gasteiger partial charge in [-0.25, -0.2) is 10.5 Å². The van der Waals surface area contributed by atoms with Crippen LogP contribution >= 0.6 is 0 Å². The van der Waals surface area contributed by atoms with Crippen LogP contribution in [0.1, 0.15) is 40.0 Å². The molecule has 0 saturated carbocycles. The van der Waals surface area contributed by atoms with Crippen LogP contribution in [0.3, 0.4) is 0 Å². The zero-order valence-corrected chi connectivity index (χ0v) is 19.0. The van der Waals surface area contributed by atoms with Crippen LogP contribution in [-0.4, -0.2) is 54.0 Å². The molecule has 0 atom stereocenters. The highest BCUT2D eigenvalue weighted by Crippen LogP contribution is 2.21. The van der Waals surface area contributed by atoms with E-state index in [2.05, 4.69) is 50.6 Å². The van der Waals surface area contributed by atoms with Crippen LogP contribution in [0.4, 0.5) is 11.6 Å². The molecule has 7 N–H and O–H groups in total. The van der Waals surface area contributed by atoms with E-state index in [9.17, 15) is 4.79 Å². The zero-order chi connectivity index (χ0) is 23.6. The van der Waals surface area contributed by atoms with Gasteiger partial charge in [0.25, 0.3) is 5.91 Å². The predicted molar refractivity (Wildman–Crippen MR) is 126 cm³/mol. The summed E-state index contributed by atoms with van der Waals surface area (Å²) in [4.78, 5) is 17.7. The first-order valence-electron chi connectivity index (χ1n) is 10.2. The molecule has 2 rings (SSSR count). The van der Waals surface area contributed by atoms with E-state index in [1.54, 1.807) is 24.6 Å². The molecule has 0 aliphatic carbocycles. The number of aromatic nitrogens is 2. The highest BCUT2D eigenvalue weighted by molar-refractivity contribution is 5.93. The standard InChI is InChI=1S/C11H20N8O2.C6H9N.C3H8/c1-15-11(20)8(12)7(6-18-4-2-3-5-18)19(14)10-9(13)16-21-17-10;1-3-5-6-7-4-2;1-3-2/h2-6,12,14H2,1H3,(H2,13,16)(H,15,20);3-6H,1H2,2H3;3H2,1-2H3/b8-7-;6-5-,7-4?;. The molecule has 0 bridgehead atoms. The highest BCUT2D eigenvalue weighted by Gasteiger charge is 2.24. The van der Waals surface area contributed by atoms with Gasteiger partial charge in [0.15, 0.2) is 0 Å². The quantitative estimate of drug-likeness (QED) is 0.163. The highest BCUT2D eigenvalue weighted by atomic mass is 16.6. The van der Waals surface area contributed by atoms with Crippen molar-refractivity contribution in [2.24, 2.45) is 16.6 Å². The SMILES string of the molecule is C=C/C=C\N=CC.CCC.CNC(=O)/C(N)=C(\CN1CCCC1)N(N)c1nonc1N. The third-order valence-electron chi connectivity index (χ3n) is 3.83. The van der Waals surface area contributed by atoms with Gasteiger partial charge in [0.1, 0.15) is 5.70 Å². The Balaban J connectivity index is 0.000000756. The number of hydrogen-bond donors (Lipinski definition) is 4. The van der Waals surface area contributed by atoms with Gasteiger partial charge < -0.3 is 16.8 Å². The number of hydrogen-bond acceptors (Lipinski definition) is 10. The number of nitrogen functional groups attached to an aromatic ring is 1. The van der Waals surface area contributed by atoms with Gasteiger partial charge in [0.05, 0.1) is 5.70 Å². The summed E-state index contributed by atoms with van der Waals surface area (Å²) in [6.45, 7) is 11.9. The average molecular weight is 436 g/mol. The number of nitrogens with zero attached hydrogens (tertiary/aromatic N) is 5. The van der Waals surface area contributed by atoms with E-state index in [1.807, 2.05) is 6.92 Å². The molecular weight excluding hydrogens is 398 g/mol. The Kier molecular flexibility index (Phi) is 14.9. The number of aliphatic imine (C=N–C) groups is 1. The van der Waals surface area contributed by atoms with Crippen molar-refractivity contribution >= 4 is 23.8 Å². The van der Waals surface area contributed by atoms with Crippen LogP contribution in [0, 0.1) is 0 Å². The lowest BCUT2D eigenvalue weighted by Gasteiger charge is -2.25. The predicted octanol–water partition coefficient (Wildman–Crippen LogP) is 1.54. The minimum Gasteiger partial charge on any atom is -0.393 e. The van der Waals surface area contributed by atoms with Crippen molar-refractivity contribution in [3.05, 3.63) is 36.3 Å². The molecule has 0 aromatic carbocycles. The Labute approximate surface area is 184 Å². The maximum Gasteiger partial charge on any atom is 0.268 e. The van der Waals surface area contributed by atoms with Crippen molar-refractivity contribution in [2.45, 2.75) is 40.0 Å². The number of amides is 1. The van der Waals surface area contributed by atoms with Gasteiger partial charge in [-0.2, -0.15) is 0 Å². The van der Waals surface area contributed by atoms with E-state index >= 15 is 0 Å². The second-order valence-electron chi connectivity index (χ2n) is 6.46. The molecule has 174 valence electrons. The summed E-state index contributed by atoms with van der Waals surface area (Å²) in [7, 11) is 1.50. The first-order chi connectivity index (χ1) is 14.9. The minimum absolute atomic E-state index is 0.00861. The Morgan fingerprint density at radius 1 is 1.35 bits per heavy atom. The number of nitrogens with two attached hydrogens (primary N) is 3. The Morgan fingerprint density at radius 2 is 1.97 bits per heavy atom. The maximum absolute atomic E-state index is 11.8. The molecule has 1 amide bonds. The summed E-state index contributed by atoms with van der Waals surface area (Å²) < 4.78 is 4.53. The molecule has 2 heterocycles. The molecule has 11 nitrogen and oxygen atoms in total. The monoisotopic (exact) mass is 435 g/mol. The molecule has 1 aliphatic rings. The second kappa shape index (κ2) is 16.6. The van der Waals surface area contributed by atoms with E-state index in [-0.39, 0.29) is 17.3 Å². The van der Waals surface area contributed by atoms with Crippen molar-refractivity contribution in [1.82, 2.24) is 20.5 Å². The van der Waals surface area contributed by atoms with Crippen molar-refractivity contribution in [3.8, 4) is 0 Å². The van der Waals surface area contributed by atoms with Crippen molar-refractivity contribution in [1.29, 1.82) is 0 Å². The molecule has 31 heavy (non-hydrogen) atoms. The summed E-state index contributed by atoms with van der Waals surface area (Å²) in [5.74, 6) is 5.73. The van der Waals surface area contributed by atoms with E-state index in [4.69, 9.17) is 17.3 Å². The van der Waals surface area contributed by atoms with Crippen molar-refractivity contribution < 1.29 is 9.42 Å². The smallest absolute Gasteiger partial charge is 0.268 e. The maximum atomic E-state index is 11.8. The molecule has 0 radical (unpaired) electrons. The number of likely N-dealkylation sites (N-methyl/N-ethyl adjacent to an activating group) is 1. The fraction of sp³-hybridized carbons (Fsp3) is 0.500. The lowest BCUT2D eigenvalue weighted by Crippen LogP contribution is -2.41. The van der Waals surface area contributed by atoms with Crippen LogP contribution in [0.15, 0.2) is 45.9 Å². The van der Waals surface area contributed by atoms with Crippen LogP contribution in [0.5, 0.6) is 0 Å². The minimum atomic E-state index is -0.422. The third-order valence-corrected chi connectivity index (χ3v) is 3.83. The molecule has 1 aromatic heterocycles. The summed E-state index contributed by atoms with van der Waals surface area (Å²) in [6.07, 6.45) is 10.3. The van der Waals surface area contributed by atoms with Gasteiger partial charge in [-0.1, -0.05) is 32.9 Å². The number of anilines is 2. The van der Waals surface area contributed by atoms with Gasteiger partial charge in [-0.15, -0.1) is 0 Å². The number of allylic oxidation sites excluding steroid dienone is 2. The van der Waals surface area contributed by atoms with Gasteiger partial charge in [-0.3, -0.25) is 19.7 Å². The summed E-state index contributed by atoms with van der Waals surface area (Å²) >= 11 is 0. The normalized spacial score (nSPS) is 14.4. The molecule has 1 saturated heterocycles. The number of rotatable bonds is 7. The molecule has 0 spiro atoms. The lowest BCUT2D eigenvalue weighted by atomic mass is 10.2. The molecule has 1 aliphatic heterocycles. The fourth-order valence-electron chi connectivity index (χ4n) is 2.39. The number of nitrogens with one attached hydrogen (secondary N) is 1. The van der Waals surface area contributed by atoms with E-state index in [1.165, 1.54) is 13.5 Å². The van der Waals surface area contributed by atoms with E-state index in [0.29, 0.717) is 12.2 Å². The summed E-state index contributed by atoms with van der Waals surface area (Å²) in [5.41, 5.74) is 11.9. The fourth-order valence-corrected chi connectivity index (χ4v) is 2.39. The summed E-state index contributed by atoms with van der Waals surface area (Å²) in [5, 5.41) is 10.7. The van der Waals surface area contributed by atoms with Gasteiger partial charge in [0, 0.05) is 26.0 Å². The zero-order valence-electron chi connectivity index (χ0n) is 19.0. The first-order valence-corrected chi connectivity index (χ1v) is 10.2. The van der Waals surface area contributed by atoms with Gasteiger partial charge in [-0.05, 0) is 49.2 Å². The molecule has 0 unspecified atom stereocenters. The van der Waals surface area contributed by atoms with E-state index in [0.717, 1.165) is 30.9 Å². The first kappa shape index (κ1) is 27.8. The van der Waals surface area contributed by atoms with Crippen LogP contribution < -0.4 is 27.6 Å². The molecular formula is C20H37N9O2. The molecule has 1 fully saturated rings. The molecule has 1 aromatic rings. The second-order valence-corrected chi connectivity index (χ2v) is 6.46. The topological polar surface area (TPSA) is 165 Å². The average Bonchev–Trinajstić information content (AvgIpc) is 3.43. The van der Waals surface area contributed by atoms with Crippen molar-refractivity contribution in [3.63, 3.8) is 0 Å². The number of carbonyl (C=O) groups excluding carboxylic acids is 1. The van der Waals surface area contributed by atoms with Crippen LogP contribution in [0.2, 0.25) is 0 Å². The summed E-state index contributed by atoms with van der Waals surface area (Å²) in [6, 6.07) is 0. The van der Waals surface area contributed by atoms with Crippen LogP contribution in [-0.2, 0) is 4.79 Å². The largest absolute Gasteiger partial charge is 0.393 e. The molecule has 11 heteroatoms. The number of likely N-dealkylation sites (tertiary alicyclic amines) is 1. The third kappa shape index (κ3) is 10.4. The van der Waals surface area contributed by atoms with Crippen molar-refractivity contribution in [2.75, 3.05) is 37.4 Å².